The summed E-state index contributed by atoms with van der Waals surface area (Å²) in [4.78, 5) is 21.6. The van der Waals surface area contributed by atoms with E-state index in [0.29, 0.717) is 37.9 Å². The molecule has 0 spiro atoms. The van der Waals surface area contributed by atoms with Crippen LogP contribution in [0, 0.1) is 12.7 Å². The van der Waals surface area contributed by atoms with Crippen LogP contribution in [-0.2, 0) is 4.74 Å². The van der Waals surface area contributed by atoms with Crippen LogP contribution in [0.3, 0.4) is 0 Å². The van der Waals surface area contributed by atoms with Crippen molar-refractivity contribution in [1.29, 1.82) is 0 Å². The first-order chi connectivity index (χ1) is 12.5. The second-order valence-electron chi connectivity index (χ2n) is 5.29. The van der Waals surface area contributed by atoms with Crippen LogP contribution in [0.1, 0.15) is 15.2 Å². The minimum atomic E-state index is -0.523. The van der Waals surface area contributed by atoms with Gasteiger partial charge in [-0.05, 0) is 24.6 Å². The Morgan fingerprint density at radius 1 is 1.38 bits per heavy atom. The molecule has 9 heteroatoms. The lowest BCUT2D eigenvalue weighted by molar-refractivity contribution is 0.0438. The molecule has 0 aliphatic carbocycles. The molecule has 2 N–H and O–H groups in total. The summed E-state index contributed by atoms with van der Waals surface area (Å²) >= 11 is 1.18. The van der Waals surface area contributed by atoms with Crippen LogP contribution in [-0.4, -0.2) is 41.4 Å². The standard InChI is InChI=1S/C17H16FN3O4S/c1-9-13-15(21-11-4-3-10(18)7-12(11)24-2)19-8-20-16(13)26-14(9)17(23)25-6-5-22/h3-4,7-8,22H,5-6H2,1-2H3,(H,19,20,21). The van der Waals surface area contributed by atoms with Crippen molar-refractivity contribution in [2.45, 2.75) is 6.92 Å². The van der Waals surface area contributed by atoms with Crippen molar-refractivity contribution in [2.24, 2.45) is 0 Å². The van der Waals surface area contributed by atoms with Crippen LogP contribution in [0.5, 0.6) is 5.75 Å². The first kappa shape index (κ1) is 18.0. The largest absolute Gasteiger partial charge is 0.494 e. The first-order valence-corrected chi connectivity index (χ1v) is 8.49. The van der Waals surface area contributed by atoms with E-state index in [2.05, 4.69) is 15.3 Å². The Kier molecular flexibility index (Phi) is 5.29. The molecule has 2 aromatic heterocycles. The number of nitrogens with zero attached hydrogens (tertiary/aromatic N) is 2. The molecule has 0 unspecified atom stereocenters. The average Bonchev–Trinajstić information content (AvgIpc) is 2.99. The van der Waals surface area contributed by atoms with E-state index in [4.69, 9.17) is 14.6 Å². The van der Waals surface area contributed by atoms with Crippen LogP contribution in [0.15, 0.2) is 24.5 Å². The number of aliphatic hydroxyl groups is 1. The van der Waals surface area contributed by atoms with Crippen molar-refractivity contribution in [3.05, 3.63) is 40.8 Å². The Morgan fingerprint density at radius 2 is 2.19 bits per heavy atom. The molecular weight excluding hydrogens is 361 g/mol. The SMILES string of the molecule is COc1cc(F)ccc1Nc1ncnc2sc(C(=O)OCCO)c(C)c12. The number of hydrogen-bond acceptors (Lipinski definition) is 8. The molecule has 0 fully saturated rings. The third-order valence-corrected chi connectivity index (χ3v) is 4.83. The highest BCUT2D eigenvalue weighted by atomic mass is 32.1. The van der Waals surface area contributed by atoms with Crippen LogP contribution < -0.4 is 10.1 Å². The van der Waals surface area contributed by atoms with Crippen LogP contribution in [0.4, 0.5) is 15.9 Å². The topological polar surface area (TPSA) is 93.6 Å². The number of benzene rings is 1. The van der Waals surface area contributed by atoms with Gasteiger partial charge in [-0.15, -0.1) is 11.3 Å². The van der Waals surface area contributed by atoms with Gasteiger partial charge < -0.3 is 19.9 Å². The molecule has 3 aromatic rings. The third-order valence-electron chi connectivity index (χ3n) is 3.65. The smallest absolute Gasteiger partial charge is 0.348 e. The van der Waals surface area contributed by atoms with Crippen molar-refractivity contribution in [1.82, 2.24) is 9.97 Å². The number of aromatic nitrogens is 2. The summed E-state index contributed by atoms with van der Waals surface area (Å²) in [6.45, 7) is 1.45. The Morgan fingerprint density at radius 3 is 2.92 bits per heavy atom. The summed E-state index contributed by atoms with van der Waals surface area (Å²) in [5.74, 6) is -0.146. The van der Waals surface area contributed by atoms with E-state index in [1.165, 1.54) is 36.9 Å². The lowest BCUT2D eigenvalue weighted by atomic mass is 10.2. The van der Waals surface area contributed by atoms with E-state index in [-0.39, 0.29) is 13.2 Å². The predicted molar refractivity (Wildman–Crippen MR) is 95.8 cm³/mol. The summed E-state index contributed by atoms with van der Waals surface area (Å²) in [5.41, 5.74) is 1.20. The predicted octanol–water partition coefficient (Wildman–Crippen LogP) is 3.04. The van der Waals surface area contributed by atoms with Gasteiger partial charge in [0.1, 0.15) is 40.0 Å². The Labute approximate surface area is 152 Å². The van der Waals surface area contributed by atoms with Gasteiger partial charge in [0.25, 0.3) is 0 Å². The molecule has 0 aliphatic rings. The number of hydrogen-bond donors (Lipinski definition) is 2. The fourth-order valence-electron chi connectivity index (χ4n) is 2.46. The zero-order valence-electron chi connectivity index (χ0n) is 14.1. The highest BCUT2D eigenvalue weighted by Gasteiger charge is 2.21. The molecule has 0 saturated heterocycles. The van der Waals surface area contributed by atoms with Gasteiger partial charge in [-0.1, -0.05) is 0 Å². The van der Waals surface area contributed by atoms with E-state index >= 15 is 0 Å². The minimum absolute atomic E-state index is 0.0733. The molecule has 0 amide bonds. The van der Waals surface area contributed by atoms with Gasteiger partial charge in [0, 0.05) is 6.07 Å². The van der Waals surface area contributed by atoms with Crippen molar-refractivity contribution in [3.63, 3.8) is 0 Å². The molecular formula is C17H16FN3O4S. The summed E-state index contributed by atoms with van der Waals surface area (Å²) in [7, 11) is 1.45. The molecule has 26 heavy (non-hydrogen) atoms. The number of halogens is 1. The molecule has 136 valence electrons. The molecule has 1 aromatic carbocycles. The number of fused-ring (bicyclic) bond motifs is 1. The number of anilines is 2. The van der Waals surface area contributed by atoms with Gasteiger partial charge in [0.15, 0.2) is 0 Å². The van der Waals surface area contributed by atoms with E-state index in [1.54, 1.807) is 13.0 Å². The summed E-state index contributed by atoms with van der Waals surface area (Å²) in [5, 5.41) is 12.6. The first-order valence-electron chi connectivity index (χ1n) is 7.67. The van der Waals surface area contributed by atoms with Gasteiger partial charge in [-0.2, -0.15) is 0 Å². The lowest BCUT2D eigenvalue weighted by Crippen LogP contribution is -2.08. The number of aliphatic hydroxyl groups excluding tert-OH is 1. The van der Waals surface area contributed by atoms with Gasteiger partial charge in [0.2, 0.25) is 0 Å². The number of aryl methyl sites for hydroxylation is 1. The Balaban J connectivity index is 2.02. The van der Waals surface area contributed by atoms with Crippen molar-refractivity contribution < 1.29 is 23.8 Å². The molecule has 0 radical (unpaired) electrons. The maximum absolute atomic E-state index is 13.4. The van der Waals surface area contributed by atoms with Gasteiger partial charge in [0.05, 0.1) is 24.8 Å². The number of ether oxygens (including phenoxy) is 2. The average molecular weight is 377 g/mol. The Hall–Kier alpha value is -2.78. The third kappa shape index (κ3) is 3.44. The summed E-state index contributed by atoms with van der Waals surface area (Å²) in [6, 6.07) is 4.11. The van der Waals surface area contributed by atoms with Gasteiger partial charge in [-0.25, -0.2) is 19.2 Å². The van der Waals surface area contributed by atoms with E-state index in [0.717, 1.165) is 0 Å². The fraction of sp³-hybridized carbons (Fsp3) is 0.235. The molecule has 0 aliphatic heterocycles. The summed E-state index contributed by atoms with van der Waals surface area (Å²) in [6.07, 6.45) is 1.37. The van der Waals surface area contributed by atoms with Crippen LogP contribution in [0.25, 0.3) is 10.2 Å². The lowest BCUT2D eigenvalue weighted by Gasteiger charge is -2.11. The molecule has 0 saturated carbocycles. The van der Waals surface area contributed by atoms with Gasteiger partial charge in [-0.3, -0.25) is 0 Å². The molecule has 3 rings (SSSR count). The highest BCUT2D eigenvalue weighted by molar-refractivity contribution is 7.20. The highest BCUT2D eigenvalue weighted by Crippen LogP contribution is 2.36. The second kappa shape index (κ2) is 7.63. The molecule has 7 nitrogen and oxygen atoms in total. The number of nitrogens with one attached hydrogen (secondary N) is 1. The van der Waals surface area contributed by atoms with Crippen molar-refractivity contribution >= 4 is 39.0 Å². The maximum Gasteiger partial charge on any atom is 0.348 e. The number of carbonyl (C=O) groups excluding carboxylic acids is 1. The zero-order valence-corrected chi connectivity index (χ0v) is 14.9. The van der Waals surface area contributed by atoms with Crippen LogP contribution in [0.2, 0.25) is 0 Å². The number of rotatable bonds is 6. The molecule has 2 heterocycles. The van der Waals surface area contributed by atoms with Gasteiger partial charge >= 0.3 is 5.97 Å². The molecule has 0 atom stereocenters. The van der Waals surface area contributed by atoms with Crippen LogP contribution >= 0.6 is 11.3 Å². The van der Waals surface area contributed by atoms with E-state index in [9.17, 15) is 9.18 Å². The quantitative estimate of drug-likeness (QED) is 0.638. The normalized spacial score (nSPS) is 10.8. The number of methoxy groups -OCH3 is 1. The van der Waals surface area contributed by atoms with E-state index < -0.39 is 11.8 Å². The van der Waals surface area contributed by atoms with Crippen molar-refractivity contribution in [2.75, 3.05) is 25.6 Å². The fourth-order valence-corrected chi connectivity index (χ4v) is 3.50. The number of thiophene rings is 1. The second-order valence-corrected chi connectivity index (χ2v) is 6.29. The van der Waals surface area contributed by atoms with E-state index in [1.807, 2.05) is 0 Å². The zero-order chi connectivity index (χ0) is 18.7. The summed E-state index contributed by atoms with van der Waals surface area (Å²) < 4.78 is 23.6. The monoisotopic (exact) mass is 377 g/mol. The Bertz CT molecular complexity index is 961. The minimum Gasteiger partial charge on any atom is -0.494 e. The molecule has 0 bridgehead atoms. The maximum atomic E-state index is 13.4. The number of carbonyl (C=O) groups is 1. The number of esters is 1. The van der Waals surface area contributed by atoms with Crippen molar-refractivity contribution in [3.8, 4) is 5.75 Å².